The largest absolute Gasteiger partial charge is 0.335 e. The van der Waals surface area contributed by atoms with Crippen molar-refractivity contribution in [3.05, 3.63) is 35.4 Å². The first kappa shape index (κ1) is 15.0. The first-order valence-electron chi connectivity index (χ1n) is 7.71. The molecule has 0 unspecified atom stereocenters. The van der Waals surface area contributed by atoms with Gasteiger partial charge in [-0.3, -0.25) is 4.79 Å². The second kappa shape index (κ2) is 6.89. The highest BCUT2D eigenvalue weighted by atomic mass is 16.2. The first-order chi connectivity index (χ1) is 9.61. The van der Waals surface area contributed by atoms with E-state index < -0.39 is 0 Å². The molecule has 1 fully saturated rings. The van der Waals surface area contributed by atoms with E-state index in [9.17, 15) is 4.79 Å². The van der Waals surface area contributed by atoms with E-state index >= 15 is 0 Å². The summed E-state index contributed by atoms with van der Waals surface area (Å²) in [5.74, 6) is 0.665. The Kier molecular flexibility index (Phi) is 5.18. The zero-order valence-corrected chi connectivity index (χ0v) is 12.6. The van der Waals surface area contributed by atoms with Crippen LogP contribution in [0.1, 0.15) is 55.5 Å². The molecule has 2 rings (SSSR count). The highest BCUT2D eigenvalue weighted by molar-refractivity contribution is 5.94. The molecule has 0 atom stereocenters. The molecule has 0 heterocycles. The summed E-state index contributed by atoms with van der Waals surface area (Å²) in [6.07, 6.45) is 4.79. The minimum atomic E-state index is 0.168. The van der Waals surface area contributed by atoms with Gasteiger partial charge in [-0.25, -0.2) is 0 Å². The molecule has 1 amide bonds. The van der Waals surface area contributed by atoms with Gasteiger partial charge in [-0.1, -0.05) is 38.8 Å². The van der Waals surface area contributed by atoms with Crippen LogP contribution < -0.4 is 5.73 Å². The Labute approximate surface area is 122 Å². The van der Waals surface area contributed by atoms with Gasteiger partial charge in [0, 0.05) is 24.7 Å². The van der Waals surface area contributed by atoms with Gasteiger partial charge in [0.1, 0.15) is 0 Å². The molecule has 1 aromatic carbocycles. The number of rotatable bonds is 5. The quantitative estimate of drug-likeness (QED) is 0.896. The summed E-state index contributed by atoms with van der Waals surface area (Å²) in [5, 5.41) is 0. The van der Waals surface area contributed by atoms with Crippen LogP contribution in [0.3, 0.4) is 0 Å². The third kappa shape index (κ3) is 3.60. The molecule has 1 aromatic rings. The highest BCUT2D eigenvalue weighted by Crippen LogP contribution is 2.26. The van der Waals surface area contributed by atoms with E-state index in [0.29, 0.717) is 18.5 Å². The Bertz CT molecular complexity index is 450. The van der Waals surface area contributed by atoms with Gasteiger partial charge >= 0.3 is 0 Å². The number of nitrogens with two attached hydrogens (primary N) is 1. The maximum absolute atomic E-state index is 12.8. The fraction of sp³-hybridized carbons (Fsp3) is 0.588. The Morgan fingerprint density at radius 1 is 1.35 bits per heavy atom. The van der Waals surface area contributed by atoms with Crippen LogP contribution in [-0.2, 0) is 6.54 Å². The minimum absolute atomic E-state index is 0.168. The lowest BCUT2D eigenvalue weighted by Crippen LogP contribution is -2.41. The molecule has 1 aliphatic rings. The van der Waals surface area contributed by atoms with Crippen LogP contribution in [0.25, 0.3) is 0 Å². The number of carbonyl (C=O) groups is 1. The van der Waals surface area contributed by atoms with Gasteiger partial charge in [0.15, 0.2) is 0 Å². The Hall–Kier alpha value is -1.35. The summed E-state index contributed by atoms with van der Waals surface area (Å²) < 4.78 is 0. The second-order valence-electron chi connectivity index (χ2n) is 6.19. The van der Waals surface area contributed by atoms with E-state index in [1.165, 1.54) is 12.8 Å². The molecule has 1 saturated carbocycles. The zero-order chi connectivity index (χ0) is 14.5. The second-order valence-corrected chi connectivity index (χ2v) is 6.19. The van der Waals surface area contributed by atoms with Crippen molar-refractivity contribution in [3.63, 3.8) is 0 Å². The van der Waals surface area contributed by atoms with Crippen molar-refractivity contribution in [2.75, 3.05) is 6.54 Å². The van der Waals surface area contributed by atoms with Crippen LogP contribution in [-0.4, -0.2) is 23.4 Å². The molecular weight excluding hydrogens is 248 g/mol. The maximum Gasteiger partial charge on any atom is 0.254 e. The van der Waals surface area contributed by atoms with E-state index in [0.717, 1.165) is 30.5 Å². The number of amides is 1. The van der Waals surface area contributed by atoms with Crippen molar-refractivity contribution >= 4 is 5.91 Å². The smallest absolute Gasteiger partial charge is 0.254 e. The van der Waals surface area contributed by atoms with Gasteiger partial charge in [-0.15, -0.1) is 0 Å². The molecule has 0 saturated heterocycles. The Morgan fingerprint density at radius 3 is 2.65 bits per heavy atom. The monoisotopic (exact) mass is 274 g/mol. The molecule has 3 heteroatoms. The molecule has 110 valence electrons. The highest BCUT2D eigenvalue weighted by Gasteiger charge is 2.27. The molecule has 3 nitrogen and oxygen atoms in total. The van der Waals surface area contributed by atoms with Crippen molar-refractivity contribution in [2.45, 2.75) is 52.1 Å². The van der Waals surface area contributed by atoms with Crippen molar-refractivity contribution in [1.29, 1.82) is 0 Å². The van der Waals surface area contributed by atoms with Crippen LogP contribution in [0.5, 0.6) is 0 Å². The average Bonchev–Trinajstić information content (AvgIpc) is 2.98. The third-order valence-corrected chi connectivity index (χ3v) is 4.00. The number of hydrogen-bond donors (Lipinski definition) is 1. The van der Waals surface area contributed by atoms with Gasteiger partial charge in [0.2, 0.25) is 0 Å². The van der Waals surface area contributed by atoms with Gasteiger partial charge < -0.3 is 10.6 Å². The SMILES string of the molecule is CC(C)CN(C(=O)c1cccc(CN)c1)C1CCCC1. The Morgan fingerprint density at radius 2 is 2.05 bits per heavy atom. The summed E-state index contributed by atoms with van der Waals surface area (Å²) in [7, 11) is 0. The third-order valence-electron chi connectivity index (χ3n) is 4.00. The van der Waals surface area contributed by atoms with Crippen LogP contribution in [0.15, 0.2) is 24.3 Å². The Balaban J connectivity index is 2.20. The predicted octanol–water partition coefficient (Wildman–Crippen LogP) is 3.19. The van der Waals surface area contributed by atoms with E-state index in [4.69, 9.17) is 5.73 Å². The first-order valence-corrected chi connectivity index (χ1v) is 7.71. The molecule has 20 heavy (non-hydrogen) atoms. The summed E-state index contributed by atoms with van der Waals surface area (Å²) in [6, 6.07) is 8.16. The minimum Gasteiger partial charge on any atom is -0.335 e. The topological polar surface area (TPSA) is 46.3 Å². The zero-order valence-electron chi connectivity index (χ0n) is 12.6. The fourth-order valence-corrected chi connectivity index (χ4v) is 3.00. The van der Waals surface area contributed by atoms with E-state index in [1.54, 1.807) is 0 Å². The van der Waals surface area contributed by atoms with Crippen LogP contribution in [0.2, 0.25) is 0 Å². The summed E-state index contributed by atoms with van der Waals surface area (Å²) in [6.45, 7) is 5.67. The van der Waals surface area contributed by atoms with Crippen molar-refractivity contribution in [1.82, 2.24) is 4.90 Å². The summed E-state index contributed by atoms with van der Waals surface area (Å²) in [4.78, 5) is 14.9. The fourth-order valence-electron chi connectivity index (χ4n) is 3.00. The van der Waals surface area contributed by atoms with Gasteiger partial charge in [0.05, 0.1) is 0 Å². The number of hydrogen-bond acceptors (Lipinski definition) is 2. The molecule has 0 bridgehead atoms. The number of nitrogens with zero attached hydrogens (tertiary/aromatic N) is 1. The van der Waals surface area contributed by atoms with Gasteiger partial charge in [0.25, 0.3) is 5.91 Å². The lowest BCUT2D eigenvalue weighted by molar-refractivity contribution is 0.0655. The normalized spacial score (nSPS) is 15.8. The summed E-state index contributed by atoms with van der Waals surface area (Å²) >= 11 is 0. The molecule has 0 aliphatic heterocycles. The van der Waals surface area contributed by atoms with Gasteiger partial charge in [-0.2, -0.15) is 0 Å². The number of carbonyl (C=O) groups excluding carboxylic acids is 1. The molecule has 1 aliphatic carbocycles. The molecule has 0 aromatic heterocycles. The van der Waals surface area contributed by atoms with E-state index in [1.807, 2.05) is 24.3 Å². The van der Waals surface area contributed by atoms with Crippen LogP contribution in [0, 0.1) is 5.92 Å². The standard InChI is InChI=1S/C17H26N2O/c1-13(2)12-19(16-8-3-4-9-16)17(20)15-7-5-6-14(10-15)11-18/h5-7,10,13,16H,3-4,8-9,11-12,18H2,1-2H3. The summed E-state index contributed by atoms with van der Waals surface area (Å²) in [5.41, 5.74) is 7.47. The average molecular weight is 274 g/mol. The van der Waals surface area contributed by atoms with Gasteiger partial charge in [-0.05, 0) is 36.5 Å². The van der Waals surface area contributed by atoms with Crippen molar-refractivity contribution < 1.29 is 4.79 Å². The lowest BCUT2D eigenvalue weighted by Gasteiger charge is -2.31. The molecule has 0 radical (unpaired) electrons. The van der Waals surface area contributed by atoms with Crippen molar-refractivity contribution in [2.24, 2.45) is 11.7 Å². The predicted molar refractivity (Wildman–Crippen MR) is 82.5 cm³/mol. The van der Waals surface area contributed by atoms with E-state index in [-0.39, 0.29) is 5.91 Å². The lowest BCUT2D eigenvalue weighted by atomic mass is 10.1. The molecular formula is C17H26N2O. The molecule has 0 spiro atoms. The van der Waals surface area contributed by atoms with Crippen molar-refractivity contribution in [3.8, 4) is 0 Å². The van der Waals surface area contributed by atoms with E-state index in [2.05, 4.69) is 18.7 Å². The van der Waals surface area contributed by atoms with Crippen LogP contribution >= 0.6 is 0 Å². The maximum atomic E-state index is 12.8. The van der Waals surface area contributed by atoms with Crippen LogP contribution in [0.4, 0.5) is 0 Å². The molecule has 2 N–H and O–H groups in total. The number of benzene rings is 1.